The first-order valence-corrected chi connectivity index (χ1v) is 11.8. The molecule has 1 aliphatic carbocycles. The topological polar surface area (TPSA) is 57.7 Å². The third kappa shape index (κ3) is 3.96. The Morgan fingerprint density at radius 3 is 2.21 bits per heavy atom. The van der Waals surface area contributed by atoms with Crippen LogP contribution in [-0.4, -0.2) is 49.7 Å². The Bertz CT molecular complexity index is 1000. The van der Waals surface area contributed by atoms with Crippen molar-refractivity contribution in [1.29, 1.82) is 0 Å². The molecule has 5 nitrogen and oxygen atoms in total. The highest BCUT2D eigenvalue weighted by molar-refractivity contribution is 7.89. The summed E-state index contributed by atoms with van der Waals surface area (Å²) in [5.74, 6) is 0.391. The summed E-state index contributed by atoms with van der Waals surface area (Å²) in [5.41, 5.74) is 4.28. The lowest BCUT2D eigenvalue weighted by atomic mass is 10.0. The predicted octanol–water partition coefficient (Wildman–Crippen LogP) is 3.45. The molecule has 0 saturated carbocycles. The van der Waals surface area contributed by atoms with Crippen molar-refractivity contribution in [2.24, 2.45) is 0 Å². The van der Waals surface area contributed by atoms with Gasteiger partial charge in [-0.1, -0.05) is 32.0 Å². The summed E-state index contributed by atoms with van der Waals surface area (Å²) in [5, 5.41) is 0. The maximum Gasteiger partial charge on any atom is 0.253 e. The number of hydrogen-bond acceptors (Lipinski definition) is 3. The lowest BCUT2D eigenvalue weighted by molar-refractivity contribution is 0.0698. The molecular formula is C23H28N2O3S. The van der Waals surface area contributed by atoms with Crippen LogP contribution in [0.2, 0.25) is 0 Å². The lowest BCUT2D eigenvalue weighted by Crippen LogP contribution is -2.50. The number of aryl methyl sites for hydroxylation is 2. The van der Waals surface area contributed by atoms with E-state index in [2.05, 4.69) is 13.8 Å². The van der Waals surface area contributed by atoms with Gasteiger partial charge in [-0.3, -0.25) is 4.79 Å². The molecule has 1 heterocycles. The van der Waals surface area contributed by atoms with Gasteiger partial charge in [0.2, 0.25) is 10.0 Å². The molecule has 1 aliphatic heterocycles. The second-order valence-electron chi connectivity index (χ2n) is 8.26. The van der Waals surface area contributed by atoms with E-state index < -0.39 is 10.0 Å². The van der Waals surface area contributed by atoms with Crippen LogP contribution in [0.15, 0.2) is 47.4 Å². The van der Waals surface area contributed by atoms with Crippen molar-refractivity contribution in [3.8, 4) is 0 Å². The van der Waals surface area contributed by atoms with E-state index in [-0.39, 0.29) is 5.91 Å². The highest BCUT2D eigenvalue weighted by Crippen LogP contribution is 2.27. The normalized spacial score (nSPS) is 17.6. The number of nitrogens with zero attached hydrogens (tertiary/aromatic N) is 2. The predicted molar refractivity (Wildman–Crippen MR) is 114 cm³/mol. The summed E-state index contributed by atoms with van der Waals surface area (Å²) in [7, 11) is -3.52. The van der Waals surface area contributed by atoms with Crippen LogP contribution in [0.25, 0.3) is 0 Å². The summed E-state index contributed by atoms with van der Waals surface area (Å²) in [4.78, 5) is 14.9. The van der Waals surface area contributed by atoms with Gasteiger partial charge < -0.3 is 4.90 Å². The van der Waals surface area contributed by atoms with E-state index in [0.29, 0.717) is 42.6 Å². The Balaban J connectivity index is 1.42. The molecule has 1 fully saturated rings. The second-order valence-corrected chi connectivity index (χ2v) is 10.2. The maximum absolute atomic E-state index is 13.1. The molecule has 0 N–H and O–H groups in total. The number of carbonyl (C=O) groups is 1. The van der Waals surface area contributed by atoms with Crippen LogP contribution in [0.5, 0.6) is 0 Å². The Kier molecular flexibility index (Phi) is 5.49. The van der Waals surface area contributed by atoms with E-state index in [1.807, 2.05) is 36.4 Å². The first-order valence-electron chi connectivity index (χ1n) is 10.4. The Morgan fingerprint density at radius 1 is 0.897 bits per heavy atom. The number of fused-ring (bicyclic) bond motifs is 1. The lowest BCUT2D eigenvalue weighted by Gasteiger charge is -2.34. The standard InChI is InChI=1S/C23H28N2O3S/c1-17(2)18-6-8-20(9-7-18)23(26)24-12-14-25(15-13-24)29(27,28)22-11-10-19-4-3-5-21(19)16-22/h6-11,16-17H,3-5,12-15H2,1-2H3. The Morgan fingerprint density at radius 2 is 1.55 bits per heavy atom. The molecule has 4 rings (SSSR count). The third-order valence-electron chi connectivity index (χ3n) is 6.06. The van der Waals surface area contributed by atoms with Crippen molar-refractivity contribution in [2.75, 3.05) is 26.2 Å². The molecule has 1 amide bonds. The van der Waals surface area contributed by atoms with Gasteiger partial charge >= 0.3 is 0 Å². The molecule has 0 unspecified atom stereocenters. The van der Waals surface area contributed by atoms with Gasteiger partial charge in [0.05, 0.1) is 4.90 Å². The van der Waals surface area contributed by atoms with E-state index in [0.717, 1.165) is 24.8 Å². The minimum Gasteiger partial charge on any atom is -0.336 e. The van der Waals surface area contributed by atoms with Crippen LogP contribution in [0.3, 0.4) is 0 Å². The van der Waals surface area contributed by atoms with Gasteiger partial charge in [-0.05, 0) is 66.1 Å². The van der Waals surface area contributed by atoms with Crippen molar-refractivity contribution < 1.29 is 13.2 Å². The van der Waals surface area contributed by atoms with Crippen LogP contribution in [0.1, 0.15) is 53.2 Å². The van der Waals surface area contributed by atoms with E-state index in [1.165, 1.54) is 15.4 Å². The molecule has 0 radical (unpaired) electrons. The minimum absolute atomic E-state index is 0.0325. The number of benzene rings is 2. The molecule has 2 aliphatic rings. The van der Waals surface area contributed by atoms with Crippen LogP contribution in [-0.2, 0) is 22.9 Å². The van der Waals surface area contributed by atoms with Gasteiger partial charge in [0, 0.05) is 31.7 Å². The molecule has 0 spiro atoms. The van der Waals surface area contributed by atoms with E-state index in [4.69, 9.17) is 0 Å². The van der Waals surface area contributed by atoms with E-state index in [1.54, 1.807) is 11.0 Å². The smallest absolute Gasteiger partial charge is 0.253 e. The summed E-state index contributed by atoms with van der Waals surface area (Å²) in [6.07, 6.45) is 3.09. The van der Waals surface area contributed by atoms with Crippen LogP contribution in [0, 0.1) is 0 Å². The maximum atomic E-state index is 13.1. The fraction of sp³-hybridized carbons (Fsp3) is 0.435. The summed E-state index contributed by atoms with van der Waals surface area (Å²) < 4.78 is 27.6. The number of piperazine rings is 1. The van der Waals surface area contributed by atoms with Crippen molar-refractivity contribution in [3.05, 3.63) is 64.7 Å². The molecule has 6 heteroatoms. The summed E-state index contributed by atoms with van der Waals surface area (Å²) in [6.45, 7) is 5.73. The average Bonchev–Trinajstić information content (AvgIpc) is 3.21. The Hall–Kier alpha value is -2.18. The summed E-state index contributed by atoms with van der Waals surface area (Å²) >= 11 is 0. The molecule has 0 atom stereocenters. The van der Waals surface area contributed by atoms with Crippen molar-refractivity contribution in [1.82, 2.24) is 9.21 Å². The number of sulfonamides is 1. The van der Waals surface area contributed by atoms with Crippen molar-refractivity contribution in [3.63, 3.8) is 0 Å². The zero-order valence-electron chi connectivity index (χ0n) is 17.1. The van der Waals surface area contributed by atoms with Crippen molar-refractivity contribution in [2.45, 2.75) is 43.9 Å². The van der Waals surface area contributed by atoms with Gasteiger partial charge in [-0.2, -0.15) is 4.31 Å². The monoisotopic (exact) mass is 412 g/mol. The number of carbonyl (C=O) groups excluding carboxylic acids is 1. The summed E-state index contributed by atoms with van der Waals surface area (Å²) in [6, 6.07) is 13.2. The fourth-order valence-corrected chi connectivity index (χ4v) is 5.66. The average molecular weight is 413 g/mol. The number of hydrogen-bond donors (Lipinski definition) is 0. The molecule has 0 aromatic heterocycles. The SMILES string of the molecule is CC(C)c1ccc(C(=O)N2CCN(S(=O)(=O)c3ccc4c(c3)CCC4)CC2)cc1. The largest absolute Gasteiger partial charge is 0.336 e. The van der Waals surface area contributed by atoms with Gasteiger partial charge in [-0.15, -0.1) is 0 Å². The highest BCUT2D eigenvalue weighted by atomic mass is 32.2. The molecule has 2 aromatic carbocycles. The molecule has 29 heavy (non-hydrogen) atoms. The number of rotatable bonds is 4. The van der Waals surface area contributed by atoms with Crippen LogP contribution < -0.4 is 0 Å². The first-order chi connectivity index (χ1) is 13.9. The zero-order valence-corrected chi connectivity index (χ0v) is 17.9. The van der Waals surface area contributed by atoms with Crippen LogP contribution >= 0.6 is 0 Å². The van der Waals surface area contributed by atoms with E-state index >= 15 is 0 Å². The third-order valence-corrected chi connectivity index (χ3v) is 7.95. The number of amides is 1. The van der Waals surface area contributed by atoms with Crippen LogP contribution in [0.4, 0.5) is 0 Å². The van der Waals surface area contributed by atoms with Gasteiger partial charge in [0.15, 0.2) is 0 Å². The minimum atomic E-state index is -3.52. The second kappa shape index (κ2) is 7.92. The highest BCUT2D eigenvalue weighted by Gasteiger charge is 2.31. The molecule has 154 valence electrons. The van der Waals surface area contributed by atoms with Gasteiger partial charge in [-0.25, -0.2) is 8.42 Å². The molecule has 1 saturated heterocycles. The quantitative estimate of drug-likeness (QED) is 0.773. The van der Waals surface area contributed by atoms with E-state index in [9.17, 15) is 13.2 Å². The Labute approximate surface area is 173 Å². The van der Waals surface area contributed by atoms with Gasteiger partial charge in [0.25, 0.3) is 5.91 Å². The zero-order chi connectivity index (χ0) is 20.6. The molecule has 0 bridgehead atoms. The first kappa shape index (κ1) is 20.1. The van der Waals surface area contributed by atoms with Gasteiger partial charge in [0.1, 0.15) is 0 Å². The molecule has 2 aromatic rings. The van der Waals surface area contributed by atoms with Crippen molar-refractivity contribution >= 4 is 15.9 Å². The molecular weight excluding hydrogens is 384 g/mol. The fourth-order valence-electron chi connectivity index (χ4n) is 4.18.